The number of benzene rings is 3. The van der Waals surface area contributed by atoms with E-state index < -0.39 is 41.7 Å². The lowest BCUT2D eigenvalue weighted by Gasteiger charge is -2.32. The normalized spacial score (nSPS) is 12.3. The Morgan fingerprint density at radius 1 is 0.804 bits per heavy atom. The molecule has 3 aromatic carbocycles. The van der Waals surface area contributed by atoms with Gasteiger partial charge in [-0.15, -0.1) is 0 Å². The van der Waals surface area contributed by atoms with Gasteiger partial charge >= 0.3 is 18.2 Å². The van der Waals surface area contributed by atoms with E-state index in [2.05, 4.69) is 5.32 Å². The number of ether oxygens (including phenoxy) is 3. The van der Waals surface area contributed by atoms with Gasteiger partial charge in [-0.05, 0) is 75.3 Å². The molecule has 0 unspecified atom stereocenters. The first-order valence-corrected chi connectivity index (χ1v) is 15.2. The summed E-state index contributed by atoms with van der Waals surface area (Å²) in [4.78, 5) is 53.8. The van der Waals surface area contributed by atoms with Crippen molar-refractivity contribution < 1.29 is 38.5 Å². The Balaban J connectivity index is 1.73. The fraction of sp³-hybridized carbons (Fsp3) is 0.371. The van der Waals surface area contributed by atoms with E-state index in [1.807, 2.05) is 36.4 Å². The first-order valence-electron chi connectivity index (χ1n) is 15.2. The summed E-state index contributed by atoms with van der Waals surface area (Å²) in [5, 5.41) is 12.3. The lowest BCUT2D eigenvalue weighted by Crippen LogP contribution is -2.56. The number of nitrogens with two attached hydrogens (primary N) is 1. The zero-order chi connectivity index (χ0) is 33.5. The van der Waals surface area contributed by atoms with Crippen LogP contribution in [-0.4, -0.2) is 58.3 Å². The van der Waals surface area contributed by atoms with Crippen molar-refractivity contribution in [1.29, 1.82) is 0 Å². The molecule has 4 N–H and O–H groups in total. The van der Waals surface area contributed by atoms with Crippen LogP contribution in [-0.2, 0) is 43.4 Å². The highest BCUT2D eigenvalue weighted by Gasteiger charge is 2.40. The minimum absolute atomic E-state index is 0.0330. The van der Waals surface area contributed by atoms with Crippen LogP contribution in [0.5, 0.6) is 5.75 Å². The number of phenols is 1. The van der Waals surface area contributed by atoms with E-state index >= 15 is 0 Å². The first kappa shape index (κ1) is 35.6. The first-order chi connectivity index (χ1) is 21.9. The van der Waals surface area contributed by atoms with Crippen molar-refractivity contribution >= 4 is 24.1 Å². The molecular weight excluding hydrogens is 590 g/mol. The van der Waals surface area contributed by atoms with E-state index in [9.17, 15) is 24.3 Å². The molecule has 3 rings (SSSR count). The molecule has 0 bridgehead atoms. The van der Waals surface area contributed by atoms with Crippen LogP contribution < -0.4 is 11.1 Å². The molecule has 0 radical (unpaired) electrons. The van der Waals surface area contributed by atoms with Gasteiger partial charge in [0, 0.05) is 6.54 Å². The SMILES string of the molecule is CC(C)(C)OC(=O)N(C(=O)[C@@H](N)Cc1ccc(O)cc1)[C@@H](CCCCNC(=O)OCc1ccccc1)C(=O)OCc1ccccc1. The maximum absolute atomic E-state index is 13.8. The fourth-order valence-corrected chi connectivity index (χ4v) is 4.44. The van der Waals surface area contributed by atoms with Crippen LogP contribution in [0.15, 0.2) is 84.9 Å². The zero-order valence-electron chi connectivity index (χ0n) is 26.5. The second kappa shape index (κ2) is 17.6. The number of carbonyl (C=O) groups excluding carboxylic acids is 4. The summed E-state index contributed by atoms with van der Waals surface area (Å²) in [6, 6.07) is 21.9. The van der Waals surface area contributed by atoms with Gasteiger partial charge in [-0.1, -0.05) is 72.8 Å². The molecule has 46 heavy (non-hydrogen) atoms. The van der Waals surface area contributed by atoms with Crippen LogP contribution in [0.3, 0.4) is 0 Å². The second-order valence-corrected chi connectivity index (χ2v) is 11.8. The quantitative estimate of drug-likeness (QED) is 0.123. The van der Waals surface area contributed by atoms with Crippen molar-refractivity contribution in [3.05, 3.63) is 102 Å². The molecule has 3 amide bonds. The summed E-state index contributed by atoms with van der Waals surface area (Å²) < 4.78 is 16.4. The third-order valence-corrected chi connectivity index (χ3v) is 6.73. The van der Waals surface area contributed by atoms with Gasteiger partial charge in [0.1, 0.15) is 30.6 Å². The third kappa shape index (κ3) is 12.2. The molecular formula is C35H43N3O8. The van der Waals surface area contributed by atoms with Gasteiger partial charge in [-0.3, -0.25) is 4.79 Å². The second-order valence-electron chi connectivity index (χ2n) is 11.8. The summed E-state index contributed by atoms with van der Waals surface area (Å²) in [7, 11) is 0. The summed E-state index contributed by atoms with van der Waals surface area (Å²) >= 11 is 0. The van der Waals surface area contributed by atoms with Gasteiger partial charge in [0.25, 0.3) is 0 Å². The Kier molecular flexibility index (Phi) is 13.6. The van der Waals surface area contributed by atoms with Gasteiger partial charge < -0.3 is 30.4 Å². The average Bonchev–Trinajstić information content (AvgIpc) is 3.03. The molecule has 11 nitrogen and oxygen atoms in total. The number of alkyl carbamates (subject to hydrolysis) is 1. The number of rotatable bonds is 14. The highest BCUT2D eigenvalue weighted by molar-refractivity contribution is 5.99. The number of aromatic hydroxyl groups is 1. The molecule has 0 fully saturated rings. The lowest BCUT2D eigenvalue weighted by atomic mass is 10.0. The monoisotopic (exact) mass is 633 g/mol. The molecule has 0 aliphatic carbocycles. The van der Waals surface area contributed by atoms with Gasteiger partial charge in [0.05, 0.1) is 6.04 Å². The molecule has 11 heteroatoms. The Morgan fingerprint density at radius 2 is 1.37 bits per heavy atom. The van der Waals surface area contributed by atoms with Gasteiger partial charge in [0.2, 0.25) is 5.91 Å². The number of nitrogens with zero attached hydrogens (tertiary/aromatic N) is 1. The smallest absolute Gasteiger partial charge is 0.417 e. The number of unbranched alkanes of at least 4 members (excludes halogenated alkanes) is 1. The van der Waals surface area contributed by atoms with E-state index in [4.69, 9.17) is 19.9 Å². The van der Waals surface area contributed by atoms with Crippen LogP contribution in [0.25, 0.3) is 0 Å². The van der Waals surface area contributed by atoms with Gasteiger partial charge in [-0.2, -0.15) is 0 Å². The Labute approximate surface area is 269 Å². The Morgan fingerprint density at radius 3 is 1.93 bits per heavy atom. The summed E-state index contributed by atoms with van der Waals surface area (Å²) in [5.41, 5.74) is 7.55. The van der Waals surface area contributed by atoms with Crippen LogP contribution >= 0.6 is 0 Å². The summed E-state index contributed by atoms with van der Waals surface area (Å²) in [6.45, 7) is 5.24. The number of amides is 3. The fourth-order valence-electron chi connectivity index (χ4n) is 4.44. The number of nitrogens with one attached hydrogen (secondary N) is 1. The maximum atomic E-state index is 13.8. The summed E-state index contributed by atoms with van der Waals surface area (Å²) in [5.74, 6) is -1.55. The number of carbonyl (C=O) groups is 4. The van der Waals surface area contributed by atoms with Crippen LogP contribution in [0, 0.1) is 0 Å². The molecule has 0 saturated heterocycles. The van der Waals surface area contributed by atoms with Crippen LogP contribution in [0.2, 0.25) is 0 Å². The molecule has 0 spiro atoms. The number of esters is 1. The number of hydrogen-bond acceptors (Lipinski definition) is 9. The minimum atomic E-state index is -1.35. The summed E-state index contributed by atoms with van der Waals surface area (Å²) in [6.07, 6.45) is -0.788. The third-order valence-electron chi connectivity index (χ3n) is 6.73. The topological polar surface area (TPSA) is 157 Å². The molecule has 3 aromatic rings. The average molecular weight is 634 g/mol. The molecule has 0 aromatic heterocycles. The zero-order valence-corrected chi connectivity index (χ0v) is 26.5. The number of imide groups is 1. The lowest BCUT2D eigenvalue weighted by molar-refractivity contribution is -0.156. The van der Waals surface area contributed by atoms with Crippen molar-refractivity contribution in [2.75, 3.05) is 6.54 Å². The Hall–Kier alpha value is -4.90. The standard InChI is InChI=1S/C35H43N3O8/c1-35(2,3)46-34(43)38(31(40)29(36)22-25-17-19-28(39)20-18-25)30(32(41)44-23-26-12-6-4-7-13-26)16-10-11-21-37-33(42)45-24-27-14-8-5-9-15-27/h4-9,12-15,17-20,29-30,39H,10-11,16,21-24,36H2,1-3H3,(H,37,42)/t29-,30-/m0/s1. The molecule has 0 heterocycles. The van der Waals surface area contributed by atoms with E-state index in [1.165, 1.54) is 12.1 Å². The molecule has 0 aliphatic rings. The molecule has 2 atom stereocenters. The largest absolute Gasteiger partial charge is 0.508 e. The van der Waals surface area contributed by atoms with Crippen molar-refractivity contribution in [2.24, 2.45) is 5.73 Å². The number of phenolic OH excluding ortho intramolecular Hbond substituents is 1. The maximum Gasteiger partial charge on any atom is 0.417 e. The minimum Gasteiger partial charge on any atom is -0.508 e. The predicted octanol–water partition coefficient (Wildman–Crippen LogP) is 5.23. The molecule has 0 saturated carbocycles. The van der Waals surface area contributed by atoms with E-state index in [1.54, 1.807) is 57.2 Å². The van der Waals surface area contributed by atoms with Crippen molar-refractivity contribution in [1.82, 2.24) is 10.2 Å². The van der Waals surface area contributed by atoms with Gasteiger partial charge in [-0.25, -0.2) is 19.3 Å². The Bertz CT molecular complexity index is 1410. The highest BCUT2D eigenvalue weighted by Crippen LogP contribution is 2.20. The van der Waals surface area contributed by atoms with E-state index in [0.717, 1.165) is 16.0 Å². The van der Waals surface area contributed by atoms with E-state index in [-0.39, 0.29) is 38.3 Å². The molecule has 246 valence electrons. The van der Waals surface area contributed by atoms with Gasteiger partial charge in [0.15, 0.2) is 0 Å². The van der Waals surface area contributed by atoms with Crippen molar-refractivity contribution in [3.8, 4) is 5.75 Å². The number of hydrogen-bond donors (Lipinski definition) is 3. The van der Waals surface area contributed by atoms with Crippen molar-refractivity contribution in [3.63, 3.8) is 0 Å². The van der Waals surface area contributed by atoms with E-state index in [0.29, 0.717) is 18.4 Å². The van der Waals surface area contributed by atoms with Crippen LogP contribution in [0.4, 0.5) is 9.59 Å². The van der Waals surface area contributed by atoms with Crippen LogP contribution in [0.1, 0.15) is 56.7 Å². The highest BCUT2D eigenvalue weighted by atomic mass is 16.6. The predicted molar refractivity (Wildman–Crippen MR) is 171 cm³/mol. The van der Waals surface area contributed by atoms with Crippen molar-refractivity contribution in [2.45, 2.75) is 77.4 Å². The molecule has 0 aliphatic heterocycles.